The van der Waals surface area contributed by atoms with Crippen LogP contribution in [0.4, 0.5) is 0 Å². The van der Waals surface area contributed by atoms with E-state index in [1.54, 1.807) is 0 Å². The number of aromatic hydroxyl groups is 1. The van der Waals surface area contributed by atoms with E-state index in [1.807, 2.05) is 9.88 Å². The highest BCUT2D eigenvalue weighted by atomic mass is 35.5. The Hall–Kier alpha value is -3.01. The lowest BCUT2D eigenvalue weighted by molar-refractivity contribution is 0.0700. The molecule has 2 aliphatic rings. The molecule has 2 atom stereocenters. The number of piperidine rings is 1. The molecule has 0 spiro atoms. The van der Waals surface area contributed by atoms with Gasteiger partial charge in [0.1, 0.15) is 11.5 Å². The highest BCUT2D eigenvalue weighted by Gasteiger charge is 2.41. The average molecular weight is 524 g/mol. The third-order valence-electron chi connectivity index (χ3n) is 6.10. The van der Waals surface area contributed by atoms with Gasteiger partial charge in [-0.05, 0) is 55.5 Å². The molecule has 2 bridgehead atoms. The van der Waals surface area contributed by atoms with Crippen molar-refractivity contribution < 1.29 is 14.6 Å². The van der Waals surface area contributed by atoms with E-state index in [-0.39, 0.29) is 50.5 Å². The Morgan fingerprint density at radius 2 is 1.85 bits per heavy atom. The number of H-pyrrole nitrogens is 1. The minimum absolute atomic E-state index is 0.0383. The number of halogens is 3. The Kier molecular flexibility index (Phi) is 5.79. The van der Waals surface area contributed by atoms with E-state index in [4.69, 9.17) is 39.5 Å². The average Bonchev–Trinajstić information content (AvgIpc) is 3.43. The Labute approximate surface area is 207 Å². The molecular weight excluding hydrogens is 507 g/mol. The Morgan fingerprint density at radius 3 is 2.50 bits per heavy atom. The van der Waals surface area contributed by atoms with Crippen LogP contribution in [0.5, 0.6) is 17.2 Å². The van der Waals surface area contributed by atoms with Gasteiger partial charge in [0.15, 0.2) is 5.75 Å². The molecule has 1 aromatic heterocycles. The van der Waals surface area contributed by atoms with Gasteiger partial charge in [-0.2, -0.15) is 4.68 Å². The van der Waals surface area contributed by atoms with Crippen LogP contribution in [-0.2, 0) is 0 Å². The van der Waals surface area contributed by atoms with Gasteiger partial charge in [-0.25, -0.2) is 4.79 Å². The molecule has 3 aromatic rings. The van der Waals surface area contributed by atoms with Gasteiger partial charge in [-0.15, -0.1) is 5.10 Å². The highest BCUT2D eigenvalue weighted by Crippen LogP contribution is 2.41. The van der Waals surface area contributed by atoms with E-state index in [0.29, 0.717) is 12.5 Å². The van der Waals surface area contributed by atoms with Crippen LogP contribution < -0.4 is 16.0 Å². The summed E-state index contributed by atoms with van der Waals surface area (Å²) in [6.45, 7) is 0.690. The molecule has 1 aliphatic carbocycles. The minimum Gasteiger partial charge on any atom is -0.507 e. The number of phenolic OH excluding ortho intramolecular Hbond substituents is 1. The first kappa shape index (κ1) is 22.8. The lowest BCUT2D eigenvalue weighted by atomic mass is 10.1. The molecular formula is C22H17Cl3N4O5. The zero-order chi connectivity index (χ0) is 24.1. The molecule has 0 unspecified atom stereocenters. The van der Waals surface area contributed by atoms with E-state index in [0.717, 1.165) is 23.9 Å². The SMILES string of the molecule is O=C(c1cc(Oc2c(Cl)cc(-n3nc(Cl)c(=O)[nH]c3=O)cc2Cl)ccc1O)N1C[C@@H]2CC[C@H]1C2. The van der Waals surface area contributed by atoms with Gasteiger partial charge in [0.25, 0.3) is 11.5 Å². The second-order valence-electron chi connectivity index (χ2n) is 8.27. The lowest BCUT2D eigenvalue weighted by Crippen LogP contribution is -2.37. The molecule has 176 valence electrons. The number of phenols is 1. The predicted octanol–water partition coefficient (Wildman–Crippen LogP) is 4.00. The van der Waals surface area contributed by atoms with Crippen molar-refractivity contribution in [2.24, 2.45) is 5.92 Å². The number of ether oxygens (including phenoxy) is 1. The maximum Gasteiger partial charge on any atom is 0.349 e. The molecule has 5 rings (SSSR count). The summed E-state index contributed by atoms with van der Waals surface area (Å²) >= 11 is 18.4. The molecule has 2 fully saturated rings. The number of amides is 1. The lowest BCUT2D eigenvalue weighted by Gasteiger charge is -2.27. The number of fused-ring (bicyclic) bond motifs is 2. The van der Waals surface area contributed by atoms with E-state index in [9.17, 15) is 19.5 Å². The van der Waals surface area contributed by atoms with Gasteiger partial charge in [-0.3, -0.25) is 14.6 Å². The molecule has 1 aliphatic heterocycles. The third kappa shape index (κ3) is 4.04. The standard InChI is InChI=1S/C22H17Cl3N4O5/c23-15-6-12(29-22(33)26-20(31)19(25)27-29)7-16(24)18(15)34-13-3-4-17(30)14(8-13)21(32)28-9-10-1-2-11(28)5-10/h3-4,6-8,10-11,30H,1-2,5,9H2,(H,26,31,33)/t10-,11+/m1/s1. The van der Waals surface area contributed by atoms with Gasteiger partial charge in [-0.1, -0.05) is 34.8 Å². The van der Waals surface area contributed by atoms with Crippen molar-refractivity contribution >= 4 is 40.7 Å². The Balaban J connectivity index is 1.44. The quantitative estimate of drug-likeness (QED) is 0.534. The second kappa shape index (κ2) is 8.65. The summed E-state index contributed by atoms with van der Waals surface area (Å²) in [6.07, 6.45) is 3.10. The molecule has 1 amide bonds. The number of hydrogen-bond acceptors (Lipinski definition) is 6. The summed E-state index contributed by atoms with van der Waals surface area (Å²) in [4.78, 5) is 40.5. The molecule has 2 aromatic carbocycles. The van der Waals surface area contributed by atoms with Crippen molar-refractivity contribution in [3.63, 3.8) is 0 Å². The van der Waals surface area contributed by atoms with Crippen LogP contribution in [-0.4, -0.2) is 43.3 Å². The van der Waals surface area contributed by atoms with Crippen LogP contribution in [0.15, 0.2) is 39.9 Å². The molecule has 2 heterocycles. The number of likely N-dealkylation sites (tertiary alicyclic amines) is 1. The second-order valence-corrected chi connectivity index (χ2v) is 9.44. The first-order valence-corrected chi connectivity index (χ1v) is 11.5. The number of aromatic amines is 1. The van der Waals surface area contributed by atoms with E-state index < -0.39 is 16.4 Å². The van der Waals surface area contributed by atoms with Gasteiger partial charge in [0, 0.05) is 12.6 Å². The van der Waals surface area contributed by atoms with Crippen LogP contribution in [0.1, 0.15) is 29.6 Å². The molecule has 2 N–H and O–H groups in total. The van der Waals surface area contributed by atoms with Crippen molar-refractivity contribution in [2.45, 2.75) is 25.3 Å². The van der Waals surface area contributed by atoms with Gasteiger partial charge in [0.2, 0.25) is 5.15 Å². The zero-order valence-electron chi connectivity index (χ0n) is 17.4. The number of benzene rings is 2. The summed E-state index contributed by atoms with van der Waals surface area (Å²) in [7, 11) is 0. The van der Waals surface area contributed by atoms with Crippen molar-refractivity contribution in [3.05, 3.63) is 71.9 Å². The molecule has 0 radical (unpaired) electrons. The number of rotatable bonds is 4. The van der Waals surface area contributed by atoms with Crippen molar-refractivity contribution in [1.29, 1.82) is 0 Å². The fourth-order valence-corrected chi connectivity index (χ4v) is 5.19. The summed E-state index contributed by atoms with van der Waals surface area (Å²) in [5, 5.41) is 13.7. The summed E-state index contributed by atoms with van der Waals surface area (Å²) in [5.41, 5.74) is -1.37. The normalized spacial score (nSPS) is 19.0. The number of nitrogens with zero attached hydrogens (tertiary/aromatic N) is 3. The molecule has 9 nitrogen and oxygen atoms in total. The van der Waals surface area contributed by atoms with Crippen LogP contribution in [0.3, 0.4) is 0 Å². The van der Waals surface area contributed by atoms with Crippen molar-refractivity contribution in [2.75, 3.05) is 6.54 Å². The van der Waals surface area contributed by atoms with Gasteiger partial charge < -0.3 is 14.7 Å². The first-order chi connectivity index (χ1) is 16.2. The minimum atomic E-state index is -0.826. The highest BCUT2D eigenvalue weighted by molar-refractivity contribution is 6.37. The van der Waals surface area contributed by atoms with Crippen LogP contribution in [0.2, 0.25) is 15.2 Å². The smallest absolute Gasteiger partial charge is 0.349 e. The van der Waals surface area contributed by atoms with Crippen molar-refractivity contribution in [1.82, 2.24) is 19.7 Å². The topological polar surface area (TPSA) is 118 Å². The molecule has 34 heavy (non-hydrogen) atoms. The number of hydrogen-bond donors (Lipinski definition) is 2. The molecule has 1 saturated heterocycles. The van der Waals surface area contributed by atoms with E-state index in [1.165, 1.54) is 30.3 Å². The Morgan fingerprint density at radius 1 is 1.12 bits per heavy atom. The van der Waals surface area contributed by atoms with Gasteiger partial charge >= 0.3 is 5.69 Å². The largest absolute Gasteiger partial charge is 0.507 e. The Bertz CT molecular complexity index is 1410. The molecule has 12 heteroatoms. The number of carbonyl (C=O) groups is 1. The van der Waals surface area contributed by atoms with Crippen LogP contribution in [0.25, 0.3) is 5.69 Å². The fourth-order valence-electron chi connectivity index (χ4n) is 4.52. The third-order valence-corrected chi connectivity index (χ3v) is 6.91. The summed E-state index contributed by atoms with van der Waals surface area (Å²) in [5.74, 6) is 0.437. The number of nitrogens with one attached hydrogen (secondary N) is 1. The fraction of sp³-hybridized carbons (Fsp3) is 0.273. The zero-order valence-corrected chi connectivity index (χ0v) is 19.7. The molecule has 1 saturated carbocycles. The maximum atomic E-state index is 13.1. The van der Waals surface area contributed by atoms with E-state index in [2.05, 4.69) is 5.10 Å². The maximum absolute atomic E-state index is 13.1. The first-order valence-electron chi connectivity index (χ1n) is 10.4. The summed E-state index contributed by atoms with van der Waals surface area (Å²) in [6, 6.07) is 7.22. The number of aromatic nitrogens is 3. The van der Waals surface area contributed by atoms with Crippen LogP contribution in [0, 0.1) is 5.92 Å². The van der Waals surface area contributed by atoms with Gasteiger partial charge in [0.05, 0.1) is 21.3 Å². The van der Waals surface area contributed by atoms with Crippen molar-refractivity contribution in [3.8, 4) is 22.9 Å². The predicted molar refractivity (Wildman–Crippen MR) is 126 cm³/mol. The van der Waals surface area contributed by atoms with E-state index >= 15 is 0 Å². The monoisotopic (exact) mass is 522 g/mol. The summed E-state index contributed by atoms with van der Waals surface area (Å²) < 4.78 is 6.68. The van der Waals surface area contributed by atoms with Crippen LogP contribution >= 0.6 is 34.8 Å². The number of carbonyl (C=O) groups excluding carboxylic acids is 1.